The Balaban J connectivity index is 2.77. The van der Waals surface area contributed by atoms with Crippen molar-refractivity contribution in [1.29, 1.82) is 0 Å². The molecule has 1 aliphatic carbocycles. The first-order valence-electron chi connectivity index (χ1n) is 4.52. The molecular formula is C10H16O2. The van der Waals surface area contributed by atoms with Gasteiger partial charge in [-0.15, -0.1) is 0 Å². The van der Waals surface area contributed by atoms with Gasteiger partial charge in [-0.25, -0.2) is 0 Å². The summed E-state index contributed by atoms with van der Waals surface area (Å²) in [7, 11) is 0. The van der Waals surface area contributed by atoms with Crippen LogP contribution in [-0.4, -0.2) is 11.6 Å². The molecule has 0 unspecified atom stereocenters. The number of hydrogen-bond donors (Lipinski definition) is 0. The van der Waals surface area contributed by atoms with Gasteiger partial charge in [0.05, 0.1) is 5.92 Å². The van der Waals surface area contributed by atoms with E-state index in [2.05, 4.69) is 0 Å². The van der Waals surface area contributed by atoms with E-state index in [0.717, 1.165) is 0 Å². The zero-order valence-corrected chi connectivity index (χ0v) is 8.02. The Bertz CT molecular complexity index is 196. The fourth-order valence-corrected chi connectivity index (χ4v) is 1.89. The maximum atomic E-state index is 11.4. The van der Waals surface area contributed by atoms with Crippen LogP contribution in [0.3, 0.4) is 0 Å². The molecule has 0 aliphatic heterocycles. The van der Waals surface area contributed by atoms with Gasteiger partial charge in [0.1, 0.15) is 11.6 Å². The van der Waals surface area contributed by atoms with Gasteiger partial charge in [-0.05, 0) is 11.8 Å². The second-order valence-electron chi connectivity index (χ2n) is 4.41. The number of hydrogen-bond acceptors (Lipinski definition) is 2. The van der Waals surface area contributed by atoms with Crippen molar-refractivity contribution in [2.24, 2.45) is 11.3 Å². The average molecular weight is 168 g/mol. The van der Waals surface area contributed by atoms with Crippen LogP contribution in [0.4, 0.5) is 0 Å². The van der Waals surface area contributed by atoms with Crippen LogP contribution in [0.2, 0.25) is 0 Å². The molecule has 68 valence electrons. The van der Waals surface area contributed by atoms with Gasteiger partial charge in [-0.2, -0.15) is 0 Å². The van der Waals surface area contributed by atoms with Gasteiger partial charge in [0.2, 0.25) is 0 Å². The summed E-state index contributed by atoms with van der Waals surface area (Å²) in [4.78, 5) is 22.9. The Kier molecular flexibility index (Phi) is 2.36. The molecule has 1 aliphatic rings. The highest BCUT2D eigenvalue weighted by atomic mass is 16.2. The molecule has 1 saturated carbocycles. The van der Waals surface area contributed by atoms with E-state index in [1.54, 1.807) is 0 Å². The summed E-state index contributed by atoms with van der Waals surface area (Å²) in [6, 6.07) is 0. The molecule has 0 amide bonds. The summed E-state index contributed by atoms with van der Waals surface area (Å²) >= 11 is 0. The van der Waals surface area contributed by atoms with Crippen molar-refractivity contribution in [1.82, 2.24) is 0 Å². The zero-order chi connectivity index (χ0) is 9.35. The molecule has 1 rings (SSSR count). The lowest BCUT2D eigenvalue weighted by atomic mass is 9.71. The van der Waals surface area contributed by atoms with Crippen molar-refractivity contribution >= 4 is 11.6 Å². The molecule has 0 aromatic heterocycles. The topological polar surface area (TPSA) is 34.1 Å². The number of Topliss-reactive ketones (excluding diaryl/α,β-unsaturated/α-hetero) is 2. The van der Waals surface area contributed by atoms with Crippen LogP contribution >= 0.6 is 0 Å². The molecule has 2 nitrogen and oxygen atoms in total. The highest BCUT2D eigenvalue weighted by Gasteiger charge is 2.38. The summed E-state index contributed by atoms with van der Waals surface area (Å²) in [6.07, 6.45) is 1.81. The molecule has 0 heterocycles. The highest BCUT2D eigenvalue weighted by molar-refractivity contribution is 6.05. The standard InChI is InChI=1S/C10H16O2/c1-4-7-8(11)5-10(2,3)6-9(7)12/h7H,4-6H2,1-3H3. The predicted octanol–water partition coefficient (Wildman–Crippen LogP) is 1.97. The van der Waals surface area contributed by atoms with Gasteiger partial charge in [0, 0.05) is 12.8 Å². The molecule has 0 aromatic carbocycles. The summed E-state index contributed by atoms with van der Waals surface area (Å²) < 4.78 is 0. The van der Waals surface area contributed by atoms with Crippen molar-refractivity contribution in [2.75, 3.05) is 0 Å². The van der Waals surface area contributed by atoms with Crippen molar-refractivity contribution in [3.8, 4) is 0 Å². The predicted molar refractivity (Wildman–Crippen MR) is 46.8 cm³/mol. The Morgan fingerprint density at radius 2 is 1.67 bits per heavy atom. The fraction of sp³-hybridized carbons (Fsp3) is 0.800. The minimum Gasteiger partial charge on any atom is -0.299 e. The Hall–Kier alpha value is -0.660. The minimum atomic E-state index is -0.293. The van der Waals surface area contributed by atoms with Crippen LogP contribution in [0.5, 0.6) is 0 Å². The smallest absolute Gasteiger partial charge is 0.143 e. The monoisotopic (exact) mass is 168 g/mol. The van der Waals surface area contributed by atoms with Crippen LogP contribution in [0.15, 0.2) is 0 Å². The van der Waals surface area contributed by atoms with E-state index < -0.39 is 0 Å². The summed E-state index contributed by atoms with van der Waals surface area (Å²) in [5, 5.41) is 0. The van der Waals surface area contributed by atoms with Crippen LogP contribution in [0.25, 0.3) is 0 Å². The maximum absolute atomic E-state index is 11.4. The maximum Gasteiger partial charge on any atom is 0.143 e. The molecule has 1 fully saturated rings. The van der Waals surface area contributed by atoms with Gasteiger partial charge in [-0.1, -0.05) is 20.8 Å². The van der Waals surface area contributed by atoms with Crippen molar-refractivity contribution < 1.29 is 9.59 Å². The summed E-state index contributed by atoms with van der Waals surface area (Å²) in [6.45, 7) is 5.86. The SMILES string of the molecule is CCC1C(=O)CC(C)(C)CC1=O. The quantitative estimate of drug-likeness (QED) is 0.561. The lowest BCUT2D eigenvalue weighted by Gasteiger charge is -2.31. The van der Waals surface area contributed by atoms with E-state index in [0.29, 0.717) is 19.3 Å². The Morgan fingerprint density at radius 3 is 2.00 bits per heavy atom. The van der Waals surface area contributed by atoms with Gasteiger partial charge < -0.3 is 0 Å². The Labute approximate surface area is 73.3 Å². The molecule has 0 atom stereocenters. The third-order valence-corrected chi connectivity index (χ3v) is 2.49. The van der Waals surface area contributed by atoms with E-state index in [1.165, 1.54) is 0 Å². The molecular weight excluding hydrogens is 152 g/mol. The third kappa shape index (κ3) is 1.74. The minimum absolute atomic E-state index is 0.0974. The third-order valence-electron chi connectivity index (χ3n) is 2.49. The van der Waals surface area contributed by atoms with Gasteiger partial charge in [0.25, 0.3) is 0 Å². The summed E-state index contributed by atoms with van der Waals surface area (Å²) in [5.41, 5.74) is -0.0974. The van der Waals surface area contributed by atoms with Crippen molar-refractivity contribution in [3.05, 3.63) is 0 Å². The molecule has 0 radical (unpaired) electrons. The van der Waals surface area contributed by atoms with E-state index in [9.17, 15) is 9.59 Å². The van der Waals surface area contributed by atoms with Crippen LogP contribution < -0.4 is 0 Å². The zero-order valence-electron chi connectivity index (χ0n) is 8.02. The van der Waals surface area contributed by atoms with Crippen LogP contribution in [-0.2, 0) is 9.59 Å². The first-order chi connectivity index (χ1) is 5.46. The van der Waals surface area contributed by atoms with Crippen LogP contribution in [0, 0.1) is 11.3 Å². The van der Waals surface area contributed by atoms with E-state index in [1.807, 2.05) is 20.8 Å². The lowest BCUT2D eigenvalue weighted by Crippen LogP contribution is -2.37. The fourth-order valence-electron chi connectivity index (χ4n) is 1.89. The normalized spacial score (nSPS) is 24.6. The molecule has 0 bridgehead atoms. The van der Waals surface area contributed by atoms with Gasteiger partial charge in [0.15, 0.2) is 0 Å². The molecule has 12 heavy (non-hydrogen) atoms. The first kappa shape index (κ1) is 9.43. The lowest BCUT2D eigenvalue weighted by molar-refractivity contribution is -0.139. The van der Waals surface area contributed by atoms with E-state index >= 15 is 0 Å². The van der Waals surface area contributed by atoms with Gasteiger partial charge in [-0.3, -0.25) is 9.59 Å². The second kappa shape index (κ2) is 3.00. The molecule has 0 spiro atoms. The number of ketones is 2. The highest BCUT2D eigenvalue weighted by Crippen LogP contribution is 2.34. The number of carbonyl (C=O) groups is 2. The largest absolute Gasteiger partial charge is 0.299 e. The second-order valence-corrected chi connectivity index (χ2v) is 4.41. The molecule has 0 saturated heterocycles. The number of rotatable bonds is 1. The van der Waals surface area contributed by atoms with E-state index in [4.69, 9.17) is 0 Å². The summed E-state index contributed by atoms with van der Waals surface area (Å²) in [5.74, 6) is -0.0180. The molecule has 0 N–H and O–H groups in total. The van der Waals surface area contributed by atoms with Crippen LogP contribution in [0.1, 0.15) is 40.0 Å². The molecule has 0 aromatic rings. The average Bonchev–Trinajstić information content (AvgIpc) is 1.82. The first-order valence-corrected chi connectivity index (χ1v) is 4.52. The molecule has 2 heteroatoms. The van der Waals surface area contributed by atoms with Crippen molar-refractivity contribution in [2.45, 2.75) is 40.0 Å². The van der Waals surface area contributed by atoms with Gasteiger partial charge >= 0.3 is 0 Å². The van der Waals surface area contributed by atoms with E-state index in [-0.39, 0.29) is 22.9 Å². The van der Waals surface area contributed by atoms with Crippen molar-refractivity contribution in [3.63, 3.8) is 0 Å². The number of carbonyl (C=O) groups excluding carboxylic acids is 2. The Morgan fingerprint density at radius 1 is 1.25 bits per heavy atom.